The Morgan fingerprint density at radius 2 is 1.95 bits per heavy atom. The van der Waals surface area contributed by atoms with Crippen LogP contribution in [0.25, 0.3) is 0 Å². The summed E-state index contributed by atoms with van der Waals surface area (Å²) in [6.07, 6.45) is -4.21. The fourth-order valence-electron chi connectivity index (χ4n) is 1.65. The van der Waals surface area contributed by atoms with Crippen molar-refractivity contribution in [2.75, 3.05) is 7.05 Å². The van der Waals surface area contributed by atoms with Crippen molar-refractivity contribution in [1.29, 1.82) is 0 Å². The highest BCUT2D eigenvalue weighted by atomic mass is 32.1. The van der Waals surface area contributed by atoms with Crippen LogP contribution in [0, 0.1) is 0 Å². The molecular formula is C13H21F3N2S. The molecule has 1 rings (SSSR count). The van der Waals surface area contributed by atoms with Crippen LogP contribution in [0.1, 0.15) is 44.3 Å². The second-order valence-electron chi connectivity index (χ2n) is 5.72. The van der Waals surface area contributed by atoms with Gasteiger partial charge in [-0.3, -0.25) is 0 Å². The van der Waals surface area contributed by atoms with E-state index in [0.29, 0.717) is 6.42 Å². The van der Waals surface area contributed by atoms with E-state index in [4.69, 9.17) is 0 Å². The predicted octanol–water partition coefficient (Wildman–Crippen LogP) is 3.91. The predicted molar refractivity (Wildman–Crippen MR) is 72.7 cm³/mol. The highest BCUT2D eigenvalue weighted by Crippen LogP contribution is 2.26. The van der Waals surface area contributed by atoms with E-state index in [1.54, 1.807) is 7.05 Å². The molecule has 0 amide bonds. The molecule has 0 aliphatic heterocycles. The number of aromatic nitrogens is 1. The van der Waals surface area contributed by atoms with Crippen molar-refractivity contribution in [3.8, 4) is 0 Å². The maximum Gasteiger partial charge on any atom is 0.389 e. The number of rotatable bonds is 5. The van der Waals surface area contributed by atoms with Crippen LogP contribution in [-0.4, -0.2) is 24.2 Å². The standard InChI is InChI=1S/C13H21F3N2S/c1-12(2,3)10-8-19-11(18-10)7-9(17-4)5-6-13(14,15)16/h8-9,17H,5-7H2,1-4H3. The molecule has 6 heteroatoms. The molecule has 0 aromatic carbocycles. The number of halogens is 3. The molecule has 2 nitrogen and oxygen atoms in total. The lowest BCUT2D eigenvalue weighted by atomic mass is 9.93. The van der Waals surface area contributed by atoms with Gasteiger partial charge in [-0.1, -0.05) is 20.8 Å². The Kier molecular flexibility index (Phi) is 5.38. The van der Waals surface area contributed by atoms with Crippen molar-refractivity contribution < 1.29 is 13.2 Å². The van der Waals surface area contributed by atoms with Gasteiger partial charge < -0.3 is 5.32 Å². The number of thiazole rings is 1. The Bertz CT molecular complexity index is 393. The quantitative estimate of drug-likeness (QED) is 0.890. The zero-order chi connectivity index (χ0) is 14.7. The number of hydrogen-bond donors (Lipinski definition) is 1. The van der Waals surface area contributed by atoms with Crippen molar-refractivity contribution >= 4 is 11.3 Å². The zero-order valence-corrected chi connectivity index (χ0v) is 12.6. The summed E-state index contributed by atoms with van der Waals surface area (Å²) in [5, 5.41) is 5.82. The molecule has 0 saturated carbocycles. The van der Waals surface area contributed by atoms with Gasteiger partial charge in [-0.2, -0.15) is 13.2 Å². The van der Waals surface area contributed by atoms with Crippen molar-refractivity contribution in [1.82, 2.24) is 10.3 Å². The molecular weight excluding hydrogens is 273 g/mol. The molecule has 19 heavy (non-hydrogen) atoms. The second-order valence-corrected chi connectivity index (χ2v) is 6.66. The number of hydrogen-bond acceptors (Lipinski definition) is 3. The van der Waals surface area contributed by atoms with Gasteiger partial charge >= 0.3 is 6.18 Å². The highest BCUT2D eigenvalue weighted by Gasteiger charge is 2.28. The van der Waals surface area contributed by atoms with Crippen molar-refractivity contribution in [2.45, 2.75) is 57.7 Å². The van der Waals surface area contributed by atoms with E-state index in [-0.39, 0.29) is 17.9 Å². The average Bonchev–Trinajstić information content (AvgIpc) is 2.70. The zero-order valence-electron chi connectivity index (χ0n) is 11.8. The summed E-state index contributed by atoms with van der Waals surface area (Å²) >= 11 is 1.52. The van der Waals surface area contributed by atoms with Gasteiger partial charge in [0.05, 0.1) is 10.7 Å². The van der Waals surface area contributed by atoms with Crippen molar-refractivity contribution in [3.63, 3.8) is 0 Å². The van der Waals surface area contributed by atoms with E-state index in [0.717, 1.165) is 10.7 Å². The molecule has 110 valence electrons. The Hall–Kier alpha value is -0.620. The van der Waals surface area contributed by atoms with Gasteiger partial charge in [-0.25, -0.2) is 4.98 Å². The van der Waals surface area contributed by atoms with E-state index < -0.39 is 12.6 Å². The molecule has 0 fully saturated rings. The molecule has 1 heterocycles. The Morgan fingerprint density at radius 3 is 2.37 bits per heavy atom. The molecule has 1 aromatic rings. The maximum absolute atomic E-state index is 12.2. The van der Waals surface area contributed by atoms with Crippen LogP contribution in [0.2, 0.25) is 0 Å². The Morgan fingerprint density at radius 1 is 1.32 bits per heavy atom. The third-order valence-corrected chi connectivity index (χ3v) is 3.80. The van der Waals surface area contributed by atoms with Gasteiger partial charge in [0.1, 0.15) is 0 Å². The summed E-state index contributed by atoms with van der Waals surface area (Å²) in [5.74, 6) is 0. The Labute approximate surface area is 116 Å². The average molecular weight is 294 g/mol. The highest BCUT2D eigenvalue weighted by molar-refractivity contribution is 7.09. The van der Waals surface area contributed by atoms with E-state index in [2.05, 4.69) is 31.1 Å². The second kappa shape index (κ2) is 6.22. The van der Waals surface area contributed by atoms with Crippen molar-refractivity contribution in [2.24, 2.45) is 0 Å². The number of alkyl halides is 3. The number of likely N-dealkylation sites (N-methyl/N-ethyl adjacent to an activating group) is 1. The van der Waals surface area contributed by atoms with Gasteiger partial charge in [-0.15, -0.1) is 11.3 Å². The summed E-state index contributed by atoms with van der Waals surface area (Å²) in [6.45, 7) is 6.22. The lowest BCUT2D eigenvalue weighted by Gasteiger charge is -2.16. The third kappa shape index (κ3) is 5.91. The lowest BCUT2D eigenvalue weighted by molar-refractivity contribution is -0.136. The normalized spacial score (nSPS) is 14.7. The molecule has 0 bridgehead atoms. The summed E-state index contributed by atoms with van der Waals surface area (Å²) in [5.41, 5.74) is 0.980. The van der Waals surface area contributed by atoms with E-state index >= 15 is 0 Å². The van der Waals surface area contributed by atoms with Crippen molar-refractivity contribution in [3.05, 3.63) is 16.1 Å². The first-order chi connectivity index (χ1) is 8.62. The van der Waals surface area contributed by atoms with Gasteiger partial charge in [-0.05, 0) is 13.5 Å². The molecule has 1 unspecified atom stereocenters. The first-order valence-corrected chi connectivity index (χ1v) is 7.18. The van der Waals surface area contributed by atoms with Crippen LogP contribution in [0.4, 0.5) is 13.2 Å². The van der Waals surface area contributed by atoms with E-state index in [9.17, 15) is 13.2 Å². The summed E-state index contributed by atoms with van der Waals surface area (Å²) < 4.78 is 36.6. The van der Waals surface area contributed by atoms with Crippen LogP contribution in [0.15, 0.2) is 5.38 Å². The summed E-state index contributed by atoms with van der Waals surface area (Å²) in [6, 6.07) is -0.180. The topological polar surface area (TPSA) is 24.9 Å². The molecule has 0 aliphatic carbocycles. The van der Waals surface area contributed by atoms with Crippen LogP contribution in [0.5, 0.6) is 0 Å². The molecule has 0 spiro atoms. The van der Waals surface area contributed by atoms with Gasteiger partial charge in [0.15, 0.2) is 0 Å². The minimum Gasteiger partial charge on any atom is -0.317 e. The minimum atomic E-state index is -4.09. The van der Waals surface area contributed by atoms with Crippen LogP contribution < -0.4 is 5.32 Å². The fraction of sp³-hybridized carbons (Fsp3) is 0.769. The van der Waals surface area contributed by atoms with E-state index in [1.165, 1.54) is 11.3 Å². The smallest absolute Gasteiger partial charge is 0.317 e. The molecule has 0 saturated heterocycles. The van der Waals surface area contributed by atoms with Gasteiger partial charge in [0.2, 0.25) is 0 Å². The Balaban J connectivity index is 2.59. The summed E-state index contributed by atoms with van der Waals surface area (Å²) in [4.78, 5) is 4.51. The third-order valence-electron chi connectivity index (χ3n) is 2.93. The molecule has 0 radical (unpaired) electrons. The minimum absolute atomic E-state index is 0.0180. The van der Waals surface area contributed by atoms with Gasteiger partial charge in [0.25, 0.3) is 0 Å². The SMILES string of the molecule is CNC(CCC(F)(F)F)Cc1nc(C(C)(C)C)cs1. The maximum atomic E-state index is 12.2. The first kappa shape index (κ1) is 16.4. The first-order valence-electron chi connectivity index (χ1n) is 6.30. The molecule has 1 N–H and O–H groups in total. The van der Waals surface area contributed by atoms with Gasteiger partial charge in [0, 0.05) is 29.7 Å². The van der Waals surface area contributed by atoms with E-state index in [1.807, 2.05) is 5.38 Å². The van der Waals surface area contributed by atoms with Crippen LogP contribution >= 0.6 is 11.3 Å². The fourth-order valence-corrected chi connectivity index (χ4v) is 2.75. The number of nitrogens with one attached hydrogen (secondary N) is 1. The van der Waals surface area contributed by atoms with Crippen LogP contribution in [-0.2, 0) is 11.8 Å². The lowest BCUT2D eigenvalue weighted by Crippen LogP contribution is -2.29. The summed E-state index contributed by atoms with van der Waals surface area (Å²) in [7, 11) is 1.69. The van der Waals surface area contributed by atoms with Crippen LogP contribution in [0.3, 0.4) is 0 Å². The largest absolute Gasteiger partial charge is 0.389 e. The molecule has 1 atom stereocenters. The monoisotopic (exact) mass is 294 g/mol. The molecule has 0 aliphatic rings. The molecule has 1 aromatic heterocycles. The number of nitrogens with zero attached hydrogens (tertiary/aromatic N) is 1.